The van der Waals surface area contributed by atoms with Crippen molar-refractivity contribution in [3.8, 4) is 0 Å². The molecule has 61 heavy (non-hydrogen) atoms. The Labute approximate surface area is 338 Å². The van der Waals surface area contributed by atoms with Crippen LogP contribution in [0, 0.1) is 0 Å². The number of alkyl halides is 24. The molecule has 0 atom stereocenters. The predicted octanol–water partition coefficient (Wildman–Crippen LogP) is 4.23. The maximum absolute atomic E-state index is 11.4. The van der Waals surface area contributed by atoms with Gasteiger partial charge in [0.2, 0.25) is 0 Å². The molecule has 20 nitrogen and oxygen atoms in total. The van der Waals surface area contributed by atoms with Crippen LogP contribution in [0.1, 0.15) is 0 Å². The first kappa shape index (κ1) is 68.7. The number of halogens is 24. The van der Waals surface area contributed by atoms with E-state index >= 15 is 0 Å². The topological polar surface area (TPSA) is 330 Å². The Bertz CT molecular complexity index is 1890. The number of hydrogen-bond donors (Lipinski definition) is 0. The minimum Gasteiger partial charge on any atom is -0.421 e. The molecule has 0 aliphatic heterocycles. The standard InChI is InChI=1S/4C2F6NO4S2.Zr/c4*3-1(4,5)14(10,11)9-15(12,13)2(6,7)8;/q4*-1;+4. The zero-order chi connectivity index (χ0) is 50.8. The van der Waals surface area contributed by atoms with Gasteiger partial charge < -0.3 is 16.5 Å². The van der Waals surface area contributed by atoms with Gasteiger partial charge in [0.1, 0.15) is 0 Å². The van der Waals surface area contributed by atoms with E-state index in [0.29, 0.717) is 0 Å². The summed E-state index contributed by atoms with van der Waals surface area (Å²) in [6, 6.07) is 0. The van der Waals surface area contributed by atoms with Crippen molar-refractivity contribution in [2.45, 2.75) is 44.1 Å². The van der Waals surface area contributed by atoms with Crippen molar-refractivity contribution in [3.63, 3.8) is 0 Å². The monoisotopic (exact) mass is 1210 g/mol. The van der Waals surface area contributed by atoms with E-state index in [-0.39, 0.29) is 26.2 Å². The maximum Gasteiger partial charge on any atom is 4.00 e. The molecule has 0 aromatic heterocycles. The van der Waals surface area contributed by atoms with Crippen LogP contribution in [0.15, 0.2) is 0 Å². The van der Waals surface area contributed by atoms with Crippen molar-refractivity contribution in [2.24, 2.45) is 0 Å². The van der Waals surface area contributed by atoms with Gasteiger partial charge in [-0.1, -0.05) is 0 Å². The third-order valence-corrected chi connectivity index (χ3v) is 14.1. The van der Waals surface area contributed by atoms with Crippen LogP contribution in [-0.2, 0) is 106 Å². The molecule has 0 saturated carbocycles. The average Bonchev–Trinajstić information content (AvgIpc) is 2.82. The number of rotatable bonds is 8. The third-order valence-electron chi connectivity index (χ3n) is 3.12. The molecule has 0 N–H and O–H groups in total. The zero-order valence-corrected chi connectivity index (χ0v) is 34.1. The molecule has 0 aliphatic carbocycles. The molecule has 0 bridgehead atoms. The molecule has 0 radical (unpaired) electrons. The Hall–Kier alpha value is -1.36. The van der Waals surface area contributed by atoms with Crippen LogP contribution in [-0.4, -0.2) is 111 Å². The SMILES string of the molecule is O=S(=O)([N-]S(=O)(=O)C(F)(F)F)C(F)(F)F.O=S(=O)([N-]S(=O)(=O)C(F)(F)F)C(F)(F)F.O=S(=O)([N-]S(=O)(=O)C(F)(F)F)C(F)(F)F.O=S(=O)([N-]S(=O)(=O)C(F)(F)F)C(F)(F)F.[Zr+4]. The quantitative estimate of drug-likeness (QED) is 0.307. The van der Waals surface area contributed by atoms with Gasteiger partial charge in [0, 0.05) is 0 Å². The Balaban J connectivity index is -0.000000227. The maximum atomic E-state index is 11.4. The van der Waals surface area contributed by atoms with Crippen molar-refractivity contribution in [1.29, 1.82) is 0 Å². The Kier molecular flexibility index (Phi) is 22.6. The second kappa shape index (κ2) is 20.0. The fraction of sp³-hybridized carbons (Fsp3) is 1.00. The third kappa shape index (κ3) is 21.0. The summed E-state index contributed by atoms with van der Waals surface area (Å²) in [5.41, 5.74) is -49.6. The van der Waals surface area contributed by atoms with Gasteiger partial charge in [-0.25, -0.2) is 67.3 Å². The van der Waals surface area contributed by atoms with Crippen LogP contribution in [0.5, 0.6) is 0 Å². The molecule has 368 valence electrons. The van der Waals surface area contributed by atoms with Crippen LogP contribution in [0.25, 0.3) is 16.5 Å². The summed E-state index contributed by atoms with van der Waals surface area (Å²) in [5.74, 6) is 0. The van der Waals surface area contributed by atoms with E-state index < -0.39 is 124 Å². The van der Waals surface area contributed by atoms with Crippen molar-refractivity contribution in [1.82, 2.24) is 0 Å². The molecular formula is C8F24N4O16S8Zr. The zero-order valence-electron chi connectivity index (χ0n) is 25.2. The van der Waals surface area contributed by atoms with E-state index in [2.05, 4.69) is 0 Å². The van der Waals surface area contributed by atoms with Crippen molar-refractivity contribution >= 4 is 80.2 Å². The van der Waals surface area contributed by atoms with Gasteiger partial charge in [-0.05, 0) is 0 Å². The van der Waals surface area contributed by atoms with Crippen LogP contribution in [0.4, 0.5) is 105 Å². The number of hydrogen-bond acceptors (Lipinski definition) is 16. The van der Waals surface area contributed by atoms with E-state index in [1.807, 2.05) is 0 Å². The van der Waals surface area contributed by atoms with Crippen LogP contribution in [0.2, 0.25) is 0 Å². The van der Waals surface area contributed by atoms with E-state index in [9.17, 15) is 173 Å². The molecule has 0 saturated heterocycles. The van der Waals surface area contributed by atoms with Gasteiger partial charge in [-0.2, -0.15) is 105 Å². The first-order valence-corrected chi connectivity index (χ1v) is 21.8. The van der Waals surface area contributed by atoms with E-state index in [0.717, 1.165) is 16.5 Å². The minimum atomic E-state index is -6.72. The van der Waals surface area contributed by atoms with Crippen LogP contribution < -0.4 is 0 Å². The fourth-order valence-electron chi connectivity index (χ4n) is 0.855. The molecule has 0 unspecified atom stereocenters. The minimum absolute atomic E-state index is 0. The largest absolute Gasteiger partial charge is 4.00 e. The Morgan fingerprint density at radius 2 is 0.230 bits per heavy atom. The predicted molar refractivity (Wildman–Crippen MR) is 133 cm³/mol. The fourth-order valence-corrected chi connectivity index (χ4v) is 7.69. The molecule has 0 aromatic carbocycles. The molecule has 0 spiro atoms. The first-order valence-electron chi connectivity index (χ1n) is 10.3. The molecule has 0 aromatic rings. The molecule has 0 rings (SSSR count). The van der Waals surface area contributed by atoms with Gasteiger partial charge in [-0.15, -0.1) is 0 Å². The van der Waals surface area contributed by atoms with E-state index in [1.165, 1.54) is 0 Å². The van der Waals surface area contributed by atoms with Crippen molar-refractivity contribution in [2.75, 3.05) is 0 Å². The summed E-state index contributed by atoms with van der Waals surface area (Å²) in [5, 5.41) is 0. The van der Waals surface area contributed by atoms with Crippen molar-refractivity contribution < 1.29 is 199 Å². The Morgan fingerprint density at radius 1 is 0.180 bits per heavy atom. The molecule has 53 heteroatoms. The molecule has 0 heterocycles. The van der Waals surface area contributed by atoms with E-state index in [1.54, 1.807) is 0 Å². The second-order valence-electron chi connectivity index (χ2n) is 7.66. The number of sulfonamides is 8. The van der Waals surface area contributed by atoms with Gasteiger partial charge in [-0.3, -0.25) is 0 Å². The summed E-state index contributed by atoms with van der Waals surface area (Å²) in [4.78, 5) is 0. The normalized spacial score (nSPS) is 15.1. The van der Waals surface area contributed by atoms with Gasteiger partial charge in [0.05, 0.1) is 0 Å². The summed E-state index contributed by atoms with van der Waals surface area (Å²) >= 11 is 0. The summed E-state index contributed by atoms with van der Waals surface area (Å²) in [7, 11) is -53.8. The smallest absolute Gasteiger partial charge is 0.421 e. The number of nitrogens with zero attached hydrogens (tertiary/aromatic N) is 4. The molecule has 0 amide bonds. The van der Waals surface area contributed by atoms with Gasteiger partial charge >= 0.3 is 70.3 Å². The van der Waals surface area contributed by atoms with Crippen LogP contribution in [0.3, 0.4) is 0 Å². The summed E-state index contributed by atoms with van der Waals surface area (Å²) in [6.07, 6.45) is 0. The molecule has 0 aliphatic rings. The van der Waals surface area contributed by atoms with Crippen LogP contribution >= 0.6 is 0 Å². The van der Waals surface area contributed by atoms with Gasteiger partial charge in [0.15, 0.2) is 80.2 Å². The first-order chi connectivity index (χ1) is 24.8. The Morgan fingerprint density at radius 3 is 0.262 bits per heavy atom. The van der Waals surface area contributed by atoms with Crippen molar-refractivity contribution in [3.05, 3.63) is 16.5 Å². The summed E-state index contributed by atoms with van der Waals surface area (Å²) < 4.78 is 437. The molecular weight excluding hydrogens is 1210 g/mol. The molecule has 0 fully saturated rings. The second-order valence-corrected chi connectivity index (χ2v) is 21.4. The average molecular weight is 1210 g/mol. The van der Waals surface area contributed by atoms with E-state index in [4.69, 9.17) is 0 Å². The van der Waals surface area contributed by atoms with Gasteiger partial charge in [0.25, 0.3) is 0 Å². The summed E-state index contributed by atoms with van der Waals surface area (Å²) in [6.45, 7) is 0.